The molecule has 0 saturated carbocycles. The highest BCUT2D eigenvalue weighted by molar-refractivity contribution is 6.83. The minimum Gasteiger partial charge on any atom is -0.480 e. The maximum atomic E-state index is 10.2. The van der Waals surface area contributed by atoms with Gasteiger partial charge in [-0.05, 0) is 72.4 Å². The fraction of sp³-hybridized carbons (Fsp3) is 0.370. The Balaban J connectivity index is 1.72. The van der Waals surface area contributed by atoms with Gasteiger partial charge in [0, 0.05) is 34.5 Å². The van der Waals surface area contributed by atoms with E-state index in [2.05, 4.69) is 150 Å². The molecule has 0 radical (unpaired) electrons. The van der Waals surface area contributed by atoms with Gasteiger partial charge in [-0.1, -0.05) is 127 Å². The van der Waals surface area contributed by atoms with Gasteiger partial charge in [0.1, 0.15) is 37.5 Å². The summed E-state index contributed by atoms with van der Waals surface area (Å²) >= 11 is 0. The predicted molar refractivity (Wildman–Crippen MR) is 214 cm³/mol. The lowest BCUT2D eigenvalue weighted by Gasteiger charge is -2.36. The van der Waals surface area contributed by atoms with Gasteiger partial charge in [0.15, 0.2) is 11.3 Å². The van der Waals surface area contributed by atoms with E-state index >= 15 is 0 Å². The molecule has 0 amide bonds. The summed E-state index contributed by atoms with van der Waals surface area (Å²) in [6.07, 6.45) is 10.4. The number of nitrogens with zero attached hydrogens (tertiary/aromatic N) is 4. The molecule has 5 rings (SSSR count). The molecule has 0 spiro atoms. The normalized spacial score (nSPS) is 21.0. The summed E-state index contributed by atoms with van der Waals surface area (Å²) in [5.74, 6) is 4.08. The van der Waals surface area contributed by atoms with Gasteiger partial charge >= 0.3 is 0 Å². The Bertz CT molecular complexity index is 2130. The van der Waals surface area contributed by atoms with Crippen LogP contribution in [0.25, 0.3) is 0 Å². The van der Waals surface area contributed by atoms with Crippen LogP contribution in [0, 0.1) is 56.8 Å². The molecule has 2 aromatic carbocycles. The quantitative estimate of drug-likeness (QED) is 0.176. The summed E-state index contributed by atoms with van der Waals surface area (Å²) < 4.78 is 6.08. The van der Waals surface area contributed by atoms with Gasteiger partial charge in [0.05, 0.1) is 0 Å². The van der Waals surface area contributed by atoms with Crippen molar-refractivity contribution >= 4 is 13.8 Å². The summed E-state index contributed by atoms with van der Waals surface area (Å²) in [5.41, 5.74) is 11.7. The molecular weight excluding hydrogens is 653 g/mol. The fourth-order valence-electron chi connectivity index (χ4n) is 7.26. The van der Waals surface area contributed by atoms with Crippen LogP contribution in [0.5, 0.6) is 0 Å². The smallest absolute Gasteiger partial charge is 0.172 e. The van der Waals surface area contributed by atoms with Gasteiger partial charge in [-0.15, -0.1) is 5.54 Å². The second kappa shape index (κ2) is 14.4. The third-order valence-corrected chi connectivity index (χ3v) is 11.2. The van der Waals surface area contributed by atoms with Crippen molar-refractivity contribution in [3.05, 3.63) is 135 Å². The van der Waals surface area contributed by atoms with Crippen LogP contribution < -0.4 is 4.90 Å². The monoisotopic (exact) mass is 702 g/mol. The molecule has 2 aliphatic heterocycles. The molecule has 2 heterocycles. The molecule has 1 atom stereocenters. The zero-order valence-corrected chi connectivity index (χ0v) is 33.4. The molecule has 3 aliphatic rings. The number of benzene rings is 2. The molecule has 0 bridgehead atoms. The van der Waals surface area contributed by atoms with Crippen LogP contribution in [0.4, 0.5) is 5.69 Å². The molecular formula is C46H50N4OSi. The lowest BCUT2D eigenvalue weighted by atomic mass is 9.68. The second-order valence-electron chi connectivity index (χ2n) is 17.1. The molecule has 0 fully saturated rings. The molecule has 5 nitrogen and oxygen atoms in total. The molecule has 52 heavy (non-hydrogen) atoms. The van der Waals surface area contributed by atoms with Gasteiger partial charge in [0.25, 0.3) is 0 Å². The third-order valence-electron chi connectivity index (χ3n) is 10.3. The Morgan fingerprint density at radius 2 is 1.54 bits per heavy atom. The van der Waals surface area contributed by atoms with Gasteiger partial charge in [-0.3, -0.25) is 0 Å². The zero-order valence-electron chi connectivity index (χ0n) is 32.4. The topological polar surface area (TPSA) is 83.8 Å². The molecule has 1 aliphatic carbocycles. The Labute approximate surface area is 312 Å². The third kappa shape index (κ3) is 7.80. The second-order valence-corrected chi connectivity index (χ2v) is 21.9. The highest BCUT2D eigenvalue weighted by Crippen LogP contribution is 2.49. The number of anilines is 1. The van der Waals surface area contributed by atoms with Crippen LogP contribution in [-0.4, -0.2) is 13.7 Å². The van der Waals surface area contributed by atoms with Crippen molar-refractivity contribution < 1.29 is 4.74 Å². The van der Waals surface area contributed by atoms with Crippen LogP contribution in [-0.2, 0) is 16.7 Å². The van der Waals surface area contributed by atoms with E-state index in [9.17, 15) is 15.8 Å². The van der Waals surface area contributed by atoms with Crippen LogP contribution >= 0.6 is 0 Å². The van der Waals surface area contributed by atoms with Crippen molar-refractivity contribution in [3.63, 3.8) is 0 Å². The Kier molecular flexibility index (Phi) is 10.5. The Hall–Kier alpha value is -5.27. The number of rotatable bonds is 5. The summed E-state index contributed by atoms with van der Waals surface area (Å²) in [7, 11) is -1.75. The van der Waals surface area contributed by atoms with Crippen LogP contribution in [0.15, 0.2) is 124 Å². The number of hydrogen-bond acceptors (Lipinski definition) is 5. The lowest BCUT2D eigenvalue weighted by Crippen LogP contribution is -2.26. The van der Waals surface area contributed by atoms with E-state index in [0.29, 0.717) is 11.5 Å². The summed E-state index contributed by atoms with van der Waals surface area (Å²) in [5, 5.41) is 29.4. The van der Waals surface area contributed by atoms with E-state index in [0.717, 1.165) is 30.5 Å². The largest absolute Gasteiger partial charge is 0.480 e. The van der Waals surface area contributed by atoms with Crippen molar-refractivity contribution in [2.45, 2.75) is 98.5 Å². The Morgan fingerprint density at radius 1 is 0.885 bits per heavy atom. The fourth-order valence-corrected chi connectivity index (χ4v) is 7.76. The first-order chi connectivity index (χ1) is 24.4. The standard InChI is InChI=1S/C46H50N4OSi/c1-44(2,3)36-26-33(20-22-39-38(30-49)43(35(28-47)29-48)51-46(39,6)7)37(24-25-52(8,9)10)34(27-36)21-23-42-45(4,5)40-18-14-15-19-41(40)50(42)31-32-16-12-11-13-17-32/h11-23,36H,26-27,31H2,1-10H3/b22-20+,34-21+,42-23+. The van der Waals surface area contributed by atoms with Gasteiger partial charge in [-0.2, -0.15) is 15.8 Å². The number of hydrogen-bond donors (Lipinski definition) is 0. The predicted octanol–water partition coefficient (Wildman–Crippen LogP) is 10.9. The van der Waals surface area contributed by atoms with E-state index in [1.165, 1.54) is 28.1 Å². The molecule has 0 N–H and O–H groups in total. The van der Waals surface area contributed by atoms with Gasteiger partial charge < -0.3 is 9.64 Å². The van der Waals surface area contributed by atoms with E-state index in [1.54, 1.807) is 0 Å². The Morgan fingerprint density at radius 3 is 2.15 bits per heavy atom. The van der Waals surface area contributed by atoms with Crippen molar-refractivity contribution in [2.75, 3.05) is 4.90 Å². The highest BCUT2D eigenvalue weighted by atomic mass is 28.3. The van der Waals surface area contributed by atoms with E-state index in [4.69, 9.17) is 4.74 Å². The molecule has 2 aromatic rings. The van der Waals surface area contributed by atoms with Gasteiger partial charge in [0.2, 0.25) is 0 Å². The minimum atomic E-state index is -1.75. The van der Waals surface area contributed by atoms with Crippen molar-refractivity contribution in [1.29, 1.82) is 15.8 Å². The number of nitriles is 3. The van der Waals surface area contributed by atoms with Crippen molar-refractivity contribution in [3.8, 4) is 29.7 Å². The zero-order chi connectivity index (χ0) is 38.1. The highest BCUT2D eigenvalue weighted by Gasteiger charge is 2.41. The van der Waals surface area contributed by atoms with Gasteiger partial charge in [-0.25, -0.2) is 0 Å². The van der Waals surface area contributed by atoms with E-state index < -0.39 is 13.7 Å². The number of allylic oxidation sites excluding steroid dienone is 9. The average molecular weight is 703 g/mol. The molecule has 264 valence electrons. The number of ether oxygens (including phenoxy) is 1. The van der Waals surface area contributed by atoms with E-state index in [-0.39, 0.29) is 27.7 Å². The number of fused-ring (bicyclic) bond motifs is 1. The molecule has 0 aromatic heterocycles. The molecule has 6 heteroatoms. The summed E-state index contributed by atoms with van der Waals surface area (Å²) in [4.78, 5) is 2.46. The van der Waals surface area contributed by atoms with E-state index in [1.807, 2.05) is 32.1 Å². The minimum absolute atomic E-state index is 0.0302. The van der Waals surface area contributed by atoms with Crippen LogP contribution in [0.1, 0.15) is 72.4 Å². The maximum absolute atomic E-state index is 10.2. The maximum Gasteiger partial charge on any atom is 0.172 e. The summed E-state index contributed by atoms with van der Waals surface area (Å²) in [6.45, 7) is 22.8. The first-order valence-electron chi connectivity index (χ1n) is 18.1. The van der Waals surface area contributed by atoms with Crippen LogP contribution in [0.2, 0.25) is 19.6 Å². The lowest BCUT2D eigenvalue weighted by molar-refractivity contribution is 0.0954. The van der Waals surface area contributed by atoms with Crippen molar-refractivity contribution in [1.82, 2.24) is 0 Å². The van der Waals surface area contributed by atoms with Crippen LogP contribution in [0.3, 0.4) is 0 Å². The SMILES string of the molecule is CC1(C)OC(=C(C#N)C#N)C(C#N)=C1/C=C/C1=C(C#C[Si](C)(C)C)C(=C/C=C2/N(Cc3ccccc3)c3ccccc3C2(C)C)/CC(C(C)(C)C)C1. The van der Waals surface area contributed by atoms with Crippen molar-refractivity contribution in [2.24, 2.45) is 11.3 Å². The number of para-hydroxylation sites is 1. The first kappa shape index (κ1) is 38.0. The molecule has 0 saturated heterocycles. The molecule has 1 unspecified atom stereocenters. The first-order valence-corrected chi connectivity index (χ1v) is 21.6. The average Bonchev–Trinajstić information content (AvgIpc) is 3.46. The summed E-state index contributed by atoms with van der Waals surface area (Å²) in [6, 6.07) is 25.4.